The van der Waals surface area contributed by atoms with Crippen LogP contribution in [-0.2, 0) is 4.43 Å². The van der Waals surface area contributed by atoms with E-state index >= 15 is 0 Å². The summed E-state index contributed by atoms with van der Waals surface area (Å²) < 4.78 is 5.42. The molecule has 0 aliphatic rings. The van der Waals surface area contributed by atoms with Gasteiger partial charge in [0.25, 0.3) is 9.20 Å². The van der Waals surface area contributed by atoms with Crippen molar-refractivity contribution >= 4 is 14.9 Å². The first-order valence-electron chi connectivity index (χ1n) is 4.71. The maximum atomic E-state index is 5.42. The van der Waals surface area contributed by atoms with E-state index in [1.54, 1.807) is 7.11 Å². The molecule has 1 rings (SSSR count). The van der Waals surface area contributed by atoms with Gasteiger partial charge in [-0.1, -0.05) is 31.5 Å². The summed E-state index contributed by atoms with van der Waals surface area (Å²) in [5, 5.41) is 0. The number of hydrogen-bond acceptors (Lipinski definition) is 2. The molecule has 0 bridgehead atoms. The summed E-state index contributed by atoms with van der Waals surface area (Å²) in [5.41, 5.74) is 1.18. The van der Waals surface area contributed by atoms with Crippen LogP contribution in [0.4, 0.5) is 5.69 Å². The van der Waals surface area contributed by atoms with Gasteiger partial charge < -0.3 is 9.41 Å². The van der Waals surface area contributed by atoms with E-state index in [0.717, 1.165) is 0 Å². The summed E-state index contributed by atoms with van der Waals surface area (Å²) >= 11 is 0. The van der Waals surface area contributed by atoms with Gasteiger partial charge in [-0.25, -0.2) is 0 Å². The van der Waals surface area contributed by atoms with Gasteiger partial charge in [0, 0.05) is 12.8 Å². The van der Waals surface area contributed by atoms with E-state index in [9.17, 15) is 0 Å². The summed E-state index contributed by atoms with van der Waals surface area (Å²) in [7, 11) is 0.605. The standard InChI is InChI=1S/C10H17NOSi/c1-3-9-13(12-2)11-10-7-5-4-6-8-10/h4-8,11,13H,3,9H2,1-2H3. The molecule has 0 saturated heterocycles. The Morgan fingerprint density at radius 1 is 1.31 bits per heavy atom. The molecule has 0 spiro atoms. The van der Waals surface area contributed by atoms with E-state index in [1.807, 2.05) is 18.2 Å². The second-order valence-electron chi connectivity index (χ2n) is 3.02. The molecule has 1 aromatic rings. The summed E-state index contributed by atoms with van der Waals surface area (Å²) in [6, 6.07) is 11.4. The molecule has 13 heavy (non-hydrogen) atoms. The van der Waals surface area contributed by atoms with Crippen LogP contribution in [0.15, 0.2) is 30.3 Å². The Morgan fingerprint density at radius 2 is 2.00 bits per heavy atom. The fraction of sp³-hybridized carbons (Fsp3) is 0.400. The van der Waals surface area contributed by atoms with Gasteiger partial charge in [-0.2, -0.15) is 0 Å². The van der Waals surface area contributed by atoms with Gasteiger partial charge in [-0.05, 0) is 18.2 Å². The van der Waals surface area contributed by atoms with E-state index in [2.05, 4.69) is 24.0 Å². The lowest BCUT2D eigenvalue weighted by Crippen LogP contribution is -2.26. The Morgan fingerprint density at radius 3 is 2.54 bits per heavy atom. The van der Waals surface area contributed by atoms with Crippen LogP contribution < -0.4 is 4.98 Å². The first-order valence-corrected chi connectivity index (χ1v) is 6.57. The predicted octanol–water partition coefficient (Wildman–Crippen LogP) is 2.38. The molecule has 1 atom stereocenters. The normalized spacial score (nSPS) is 12.5. The Hall–Kier alpha value is -0.803. The number of para-hydroxylation sites is 1. The molecular weight excluding hydrogens is 178 g/mol. The van der Waals surface area contributed by atoms with Gasteiger partial charge in [0.1, 0.15) is 0 Å². The Balaban J connectivity index is 2.46. The largest absolute Gasteiger partial charge is 0.404 e. The van der Waals surface area contributed by atoms with Crippen LogP contribution in [0.2, 0.25) is 6.04 Å². The molecule has 0 aromatic heterocycles. The maximum absolute atomic E-state index is 5.42. The minimum Gasteiger partial charge on any atom is -0.404 e. The molecule has 72 valence electrons. The van der Waals surface area contributed by atoms with Crippen LogP contribution in [0.5, 0.6) is 0 Å². The topological polar surface area (TPSA) is 21.3 Å². The van der Waals surface area contributed by atoms with E-state index in [4.69, 9.17) is 4.43 Å². The predicted molar refractivity (Wildman–Crippen MR) is 59.3 cm³/mol. The molecule has 2 nitrogen and oxygen atoms in total. The number of hydrogen-bond donors (Lipinski definition) is 1. The molecule has 0 aliphatic heterocycles. The van der Waals surface area contributed by atoms with Gasteiger partial charge >= 0.3 is 0 Å². The lowest BCUT2D eigenvalue weighted by molar-refractivity contribution is 0.423. The highest BCUT2D eigenvalue weighted by molar-refractivity contribution is 6.55. The van der Waals surface area contributed by atoms with Gasteiger partial charge in [0.05, 0.1) is 0 Å². The molecule has 0 amide bonds. The number of nitrogens with one attached hydrogen (secondary N) is 1. The highest BCUT2D eigenvalue weighted by Gasteiger charge is 2.07. The van der Waals surface area contributed by atoms with Crippen molar-refractivity contribution in [2.24, 2.45) is 0 Å². The second-order valence-corrected chi connectivity index (χ2v) is 5.34. The second kappa shape index (κ2) is 5.78. The highest BCUT2D eigenvalue weighted by Crippen LogP contribution is 2.08. The van der Waals surface area contributed by atoms with Crippen LogP contribution in [0.25, 0.3) is 0 Å². The maximum Gasteiger partial charge on any atom is 0.281 e. The molecule has 1 N–H and O–H groups in total. The molecular formula is C10H17NOSi. The van der Waals surface area contributed by atoms with Gasteiger partial charge in [-0.3, -0.25) is 0 Å². The van der Waals surface area contributed by atoms with E-state index in [1.165, 1.54) is 18.2 Å². The monoisotopic (exact) mass is 195 g/mol. The average Bonchev–Trinajstić information content (AvgIpc) is 2.19. The average molecular weight is 195 g/mol. The molecule has 0 heterocycles. The van der Waals surface area contributed by atoms with Crippen molar-refractivity contribution in [1.82, 2.24) is 0 Å². The SMILES string of the molecule is CCC[SiH](Nc1ccccc1)OC. The first-order chi connectivity index (χ1) is 6.36. The fourth-order valence-electron chi connectivity index (χ4n) is 1.23. The van der Waals surface area contributed by atoms with E-state index < -0.39 is 9.20 Å². The van der Waals surface area contributed by atoms with Crippen molar-refractivity contribution in [1.29, 1.82) is 0 Å². The number of rotatable bonds is 5. The molecule has 0 saturated carbocycles. The molecule has 1 aromatic carbocycles. The van der Waals surface area contributed by atoms with Crippen molar-refractivity contribution in [2.45, 2.75) is 19.4 Å². The summed E-state index contributed by atoms with van der Waals surface area (Å²) in [6.45, 7) is 2.19. The van der Waals surface area contributed by atoms with Crippen LogP contribution in [0.3, 0.4) is 0 Å². The fourth-order valence-corrected chi connectivity index (χ4v) is 2.82. The van der Waals surface area contributed by atoms with Crippen LogP contribution >= 0.6 is 0 Å². The quantitative estimate of drug-likeness (QED) is 0.728. The van der Waals surface area contributed by atoms with Gasteiger partial charge in [-0.15, -0.1) is 0 Å². The highest BCUT2D eigenvalue weighted by atomic mass is 28.3. The summed E-state index contributed by atoms with van der Waals surface area (Å²) in [5.74, 6) is 0. The molecule has 1 unspecified atom stereocenters. The van der Waals surface area contributed by atoms with Crippen molar-refractivity contribution < 1.29 is 4.43 Å². The zero-order valence-corrected chi connectivity index (χ0v) is 9.44. The minimum atomic E-state index is -1.19. The Kier molecular flexibility index (Phi) is 4.57. The Labute approximate surface area is 81.7 Å². The third-order valence-corrected chi connectivity index (χ3v) is 4.26. The molecule has 0 aliphatic carbocycles. The van der Waals surface area contributed by atoms with Crippen molar-refractivity contribution in [3.63, 3.8) is 0 Å². The van der Waals surface area contributed by atoms with Crippen LogP contribution in [0, 0.1) is 0 Å². The van der Waals surface area contributed by atoms with Crippen molar-refractivity contribution in [3.05, 3.63) is 30.3 Å². The minimum absolute atomic E-state index is 1.17. The first kappa shape index (κ1) is 10.3. The number of anilines is 1. The van der Waals surface area contributed by atoms with Crippen molar-refractivity contribution in [3.8, 4) is 0 Å². The zero-order chi connectivity index (χ0) is 9.52. The van der Waals surface area contributed by atoms with E-state index in [-0.39, 0.29) is 0 Å². The summed E-state index contributed by atoms with van der Waals surface area (Å²) in [4.78, 5) is 3.45. The third kappa shape index (κ3) is 3.61. The third-order valence-electron chi connectivity index (χ3n) is 1.94. The van der Waals surface area contributed by atoms with Gasteiger partial charge in [0.15, 0.2) is 0 Å². The van der Waals surface area contributed by atoms with E-state index in [0.29, 0.717) is 0 Å². The van der Waals surface area contributed by atoms with Crippen molar-refractivity contribution in [2.75, 3.05) is 12.1 Å². The lowest BCUT2D eigenvalue weighted by Gasteiger charge is -2.14. The number of benzene rings is 1. The van der Waals surface area contributed by atoms with Crippen LogP contribution in [-0.4, -0.2) is 16.3 Å². The summed E-state index contributed by atoms with van der Waals surface area (Å²) in [6.07, 6.45) is 1.19. The lowest BCUT2D eigenvalue weighted by atomic mass is 10.3. The Bertz CT molecular complexity index is 228. The zero-order valence-electron chi connectivity index (χ0n) is 8.29. The molecule has 0 radical (unpaired) electrons. The molecule has 3 heteroatoms. The smallest absolute Gasteiger partial charge is 0.281 e. The van der Waals surface area contributed by atoms with Crippen LogP contribution in [0.1, 0.15) is 13.3 Å². The van der Waals surface area contributed by atoms with Gasteiger partial charge in [0.2, 0.25) is 0 Å². The molecule has 0 fully saturated rings.